The van der Waals surface area contributed by atoms with Crippen molar-refractivity contribution in [3.8, 4) is 0 Å². The van der Waals surface area contributed by atoms with Gasteiger partial charge in [-0.3, -0.25) is 5.09 Å². The van der Waals surface area contributed by atoms with Crippen LogP contribution in [0.4, 0.5) is 0 Å². The molecule has 2 aliphatic rings. The van der Waals surface area contributed by atoms with Crippen LogP contribution < -0.4 is 5.09 Å². The van der Waals surface area contributed by atoms with E-state index in [2.05, 4.69) is 65.8 Å². The molecule has 0 spiro atoms. The first-order valence-electron chi connectivity index (χ1n) is 8.56. The Bertz CT molecular complexity index is 546. The zero-order valence-corrected chi connectivity index (χ0v) is 13.9. The lowest BCUT2D eigenvalue weighted by atomic mass is 9.94. The van der Waals surface area contributed by atoms with Crippen molar-refractivity contribution in [3.05, 3.63) is 71.8 Å². The second kappa shape index (κ2) is 6.52. The van der Waals surface area contributed by atoms with E-state index in [0.29, 0.717) is 0 Å². The SMILES string of the molecule is c1ccc([C@H]2CC[C@H](c3ccccc3)P2NC2CCC2)cc1. The third kappa shape index (κ3) is 2.85. The van der Waals surface area contributed by atoms with Gasteiger partial charge in [0.1, 0.15) is 0 Å². The first-order valence-corrected chi connectivity index (χ1v) is 10.0. The van der Waals surface area contributed by atoms with Gasteiger partial charge in [-0.15, -0.1) is 0 Å². The van der Waals surface area contributed by atoms with Crippen LogP contribution in [0.3, 0.4) is 0 Å². The average Bonchev–Trinajstić information content (AvgIpc) is 2.96. The Kier molecular flexibility index (Phi) is 4.28. The quantitative estimate of drug-likeness (QED) is 0.704. The molecule has 0 aromatic heterocycles. The van der Waals surface area contributed by atoms with Gasteiger partial charge in [0.25, 0.3) is 0 Å². The molecule has 0 radical (unpaired) electrons. The molecule has 22 heavy (non-hydrogen) atoms. The molecule has 1 heterocycles. The standard InChI is InChI=1S/C20H24NP/c1-3-8-16(9-4-1)19-14-15-20(17-10-5-2-6-11-17)22(19)21-18-12-7-13-18/h1-6,8-11,18-21H,7,12-15H2/t19-,20-/m1/s1. The Morgan fingerprint density at radius 1 is 0.682 bits per heavy atom. The Morgan fingerprint density at radius 2 is 1.18 bits per heavy atom. The van der Waals surface area contributed by atoms with Gasteiger partial charge in [0, 0.05) is 17.4 Å². The molecule has 1 N–H and O–H groups in total. The van der Waals surface area contributed by atoms with Crippen molar-refractivity contribution in [1.82, 2.24) is 5.09 Å². The van der Waals surface area contributed by atoms with Gasteiger partial charge in [-0.05, 0) is 44.9 Å². The van der Waals surface area contributed by atoms with Gasteiger partial charge in [0.15, 0.2) is 0 Å². The van der Waals surface area contributed by atoms with Gasteiger partial charge in [0.05, 0.1) is 0 Å². The lowest BCUT2D eigenvalue weighted by Crippen LogP contribution is -2.32. The Morgan fingerprint density at radius 3 is 1.59 bits per heavy atom. The predicted octanol–water partition coefficient (Wildman–Crippen LogP) is 5.80. The summed E-state index contributed by atoms with van der Waals surface area (Å²) in [5.74, 6) is 0. The summed E-state index contributed by atoms with van der Waals surface area (Å²) < 4.78 is 0. The largest absolute Gasteiger partial charge is 0.292 e. The number of nitrogens with one attached hydrogen (secondary N) is 1. The highest BCUT2D eigenvalue weighted by atomic mass is 31.1. The van der Waals surface area contributed by atoms with E-state index in [4.69, 9.17) is 0 Å². The van der Waals surface area contributed by atoms with Gasteiger partial charge in [-0.1, -0.05) is 67.1 Å². The van der Waals surface area contributed by atoms with E-state index >= 15 is 0 Å². The summed E-state index contributed by atoms with van der Waals surface area (Å²) in [6.07, 6.45) is 6.82. The second-order valence-electron chi connectivity index (χ2n) is 6.59. The van der Waals surface area contributed by atoms with Crippen LogP contribution in [0.5, 0.6) is 0 Å². The van der Waals surface area contributed by atoms with Crippen LogP contribution in [-0.4, -0.2) is 6.04 Å². The zero-order valence-electron chi connectivity index (χ0n) is 13.0. The summed E-state index contributed by atoms with van der Waals surface area (Å²) in [5.41, 5.74) is 4.53. The number of rotatable bonds is 4. The lowest BCUT2D eigenvalue weighted by Gasteiger charge is -2.35. The number of hydrogen-bond donors (Lipinski definition) is 1. The van der Waals surface area contributed by atoms with Gasteiger partial charge < -0.3 is 0 Å². The molecule has 2 aromatic carbocycles. The van der Waals surface area contributed by atoms with Gasteiger partial charge >= 0.3 is 0 Å². The van der Waals surface area contributed by atoms with Crippen LogP contribution in [0, 0.1) is 0 Å². The molecule has 1 nitrogen and oxygen atoms in total. The normalized spacial score (nSPS) is 26.0. The fourth-order valence-corrected chi connectivity index (χ4v) is 7.06. The molecule has 0 bridgehead atoms. The summed E-state index contributed by atoms with van der Waals surface area (Å²) in [4.78, 5) is 0. The van der Waals surface area contributed by atoms with E-state index in [0.717, 1.165) is 17.4 Å². The van der Waals surface area contributed by atoms with Crippen LogP contribution in [0.25, 0.3) is 0 Å². The van der Waals surface area contributed by atoms with Crippen molar-refractivity contribution >= 4 is 8.07 Å². The molecule has 1 aliphatic heterocycles. The molecule has 2 aromatic rings. The Hall–Kier alpha value is -1.17. The maximum Gasteiger partial charge on any atom is 0.0178 e. The highest BCUT2D eigenvalue weighted by molar-refractivity contribution is 7.56. The van der Waals surface area contributed by atoms with Crippen molar-refractivity contribution in [2.24, 2.45) is 0 Å². The smallest absolute Gasteiger partial charge is 0.0178 e. The molecular weight excluding hydrogens is 285 g/mol. The fourth-order valence-electron chi connectivity index (χ4n) is 3.74. The van der Waals surface area contributed by atoms with Crippen molar-refractivity contribution in [1.29, 1.82) is 0 Å². The summed E-state index contributed by atoms with van der Waals surface area (Å²) in [6, 6.07) is 23.1. The highest BCUT2D eigenvalue weighted by Crippen LogP contribution is 2.68. The molecular formula is C20H24NP. The van der Waals surface area contributed by atoms with Gasteiger partial charge in [0.2, 0.25) is 0 Å². The van der Waals surface area contributed by atoms with E-state index in [9.17, 15) is 0 Å². The zero-order chi connectivity index (χ0) is 14.8. The molecule has 2 atom stereocenters. The highest BCUT2D eigenvalue weighted by Gasteiger charge is 2.39. The average molecular weight is 309 g/mol. The molecule has 1 aliphatic carbocycles. The second-order valence-corrected chi connectivity index (χ2v) is 8.91. The molecule has 1 saturated heterocycles. The first kappa shape index (κ1) is 14.4. The van der Waals surface area contributed by atoms with E-state index in [-0.39, 0.29) is 8.07 Å². The fraction of sp³-hybridized carbons (Fsp3) is 0.400. The molecule has 0 amide bonds. The molecule has 1 saturated carbocycles. The minimum Gasteiger partial charge on any atom is -0.292 e. The minimum absolute atomic E-state index is 0.169. The lowest BCUT2D eigenvalue weighted by molar-refractivity contribution is 0.391. The number of benzene rings is 2. The van der Waals surface area contributed by atoms with E-state index in [1.54, 1.807) is 11.1 Å². The van der Waals surface area contributed by atoms with Crippen molar-refractivity contribution < 1.29 is 0 Å². The predicted molar refractivity (Wildman–Crippen MR) is 95.3 cm³/mol. The van der Waals surface area contributed by atoms with Crippen LogP contribution in [0.1, 0.15) is 54.5 Å². The summed E-state index contributed by atoms with van der Waals surface area (Å²) in [5, 5.41) is 4.08. The van der Waals surface area contributed by atoms with Crippen LogP contribution in [0.2, 0.25) is 0 Å². The van der Waals surface area contributed by atoms with Crippen LogP contribution >= 0.6 is 8.07 Å². The Labute approximate surface area is 135 Å². The summed E-state index contributed by atoms with van der Waals surface area (Å²) in [6.45, 7) is 0. The van der Waals surface area contributed by atoms with Gasteiger partial charge in [-0.25, -0.2) is 0 Å². The van der Waals surface area contributed by atoms with Gasteiger partial charge in [-0.2, -0.15) is 0 Å². The molecule has 0 unspecified atom stereocenters. The molecule has 114 valence electrons. The van der Waals surface area contributed by atoms with Crippen molar-refractivity contribution in [2.45, 2.75) is 49.5 Å². The van der Waals surface area contributed by atoms with E-state index in [1.807, 2.05) is 0 Å². The summed E-state index contributed by atoms with van der Waals surface area (Å²) >= 11 is 0. The molecule has 2 heteroatoms. The maximum atomic E-state index is 4.08. The third-order valence-electron chi connectivity index (χ3n) is 5.19. The first-order chi connectivity index (χ1) is 10.9. The monoisotopic (exact) mass is 309 g/mol. The van der Waals surface area contributed by atoms with Crippen molar-refractivity contribution in [3.63, 3.8) is 0 Å². The van der Waals surface area contributed by atoms with E-state index in [1.165, 1.54) is 32.1 Å². The summed E-state index contributed by atoms with van der Waals surface area (Å²) in [7, 11) is -0.169. The van der Waals surface area contributed by atoms with Crippen LogP contribution in [-0.2, 0) is 0 Å². The third-order valence-corrected chi connectivity index (χ3v) is 8.31. The van der Waals surface area contributed by atoms with E-state index < -0.39 is 0 Å². The molecule has 4 rings (SSSR count). The topological polar surface area (TPSA) is 12.0 Å². The van der Waals surface area contributed by atoms with Crippen LogP contribution in [0.15, 0.2) is 60.7 Å². The maximum absolute atomic E-state index is 4.08. The Balaban J connectivity index is 1.61. The van der Waals surface area contributed by atoms with Crippen molar-refractivity contribution in [2.75, 3.05) is 0 Å². The minimum atomic E-state index is -0.169. The number of hydrogen-bond acceptors (Lipinski definition) is 1. The molecule has 2 fully saturated rings.